The van der Waals surface area contributed by atoms with Crippen LogP contribution in [0.5, 0.6) is 0 Å². The molecule has 6 heteroatoms. The van der Waals surface area contributed by atoms with E-state index in [2.05, 4.69) is 10.4 Å². The van der Waals surface area contributed by atoms with Crippen molar-refractivity contribution in [3.05, 3.63) is 65.5 Å². The molecule has 0 bridgehead atoms. The summed E-state index contributed by atoms with van der Waals surface area (Å²) < 4.78 is 1.78. The molecular formula is C21H22N4O2. The lowest BCUT2D eigenvalue weighted by atomic mass is 10.1. The number of nitrogens with zero attached hydrogens (tertiary/aromatic N) is 3. The fraction of sp³-hybridized carbons (Fsp3) is 0.286. The summed E-state index contributed by atoms with van der Waals surface area (Å²) in [6, 6.07) is 11.8. The van der Waals surface area contributed by atoms with E-state index >= 15 is 0 Å². The third kappa shape index (κ3) is 3.30. The van der Waals surface area contributed by atoms with E-state index in [1.165, 1.54) is 5.56 Å². The van der Waals surface area contributed by atoms with E-state index in [0.717, 1.165) is 22.3 Å². The Labute approximate surface area is 157 Å². The van der Waals surface area contributed by atoms with Crippen molar-refractivity contribution < 1.29 is 9.59 Å². The monoisotopic (exact) mass is 362 g/mol. The van der Waals surface area contributed by atoms with Gasteiger partial charge in [-0.05, 0) is 49.2 Å². The molecule has 0 saturated carbocycles. The van der Waals surface area contributed by atoms with Crippen molar-refractivity contribution in [2.75, 3.05) is 11.4 Å². The average Bonchev–Trinajstić information content (AvgIpc) is 3.26. The molecule has 1 aliphatic heterocycles. The molecule has 3 heterocycles. The number of carbonyl (C=O) groups is 2. The first-order valence-electron chi connectivity index (χ1n) is 9.09. The standard InChI is InChI=1S/C21H22N4O2/c1-14-6-7-18(9-15(14)2)24-13-16(10-20(24)26)21(27)22-11-17-12-23-25-8-4-3-5-19(17)25/h3-9,12,16H,10-11,13H2,1-2H3,(H,22,27). The largest absolute Gasteiger partial charge is 0.352 e. The van der Waals surface area contributed by atoms with Crippen LogP contribution in [0, 0.1) is 19.8 Å². The molecule has 1 unspecified atom stereocenters. The highest BCUT2D eigenvalue weighted by atomic mass is 16.2. The second kappa shape index (κ2) is 6.87. The Morgan fingerprint density at radius 2 is 2.07 bits per heavy atom. The van der Waals surface area contributed by atoms with Gasteiger partial charge in [-0.25, -0.2) is 4.52 Å². The lowest BCUT2D eigenvalue weighted by molar-refractivity contribution is -0.126. The zero-order chi connectivity index (χ0) is 19.0. The van der Waals surface area contributed by atoms with E-state index < -0.39 is 0 Å². The number of pyridine rings is 1. The van der Waals surface area contributed by atoms with Crippen molar-refractivity contribution >= 4 is 23.0 Å². The smallest absolute Gasteiger partial charge is 0.227 e. The molecule has 138 valence electrons. The molecule has 1 aromatic carbocycles. The van der Waals surface area contributed by atoms with Gasteiger partial charge < -0.3 is 10.2 Å². The van der Waals surface area contributed by atoms with Gasteiger partial charge in [-0.3, -0.25) is 9.59 Å². The molecule has 0 aliphatic carbocycles. The highest BCUT2D eigenvalue weighted by Crippen LogP contribution is 2.27. The normalized spacial score (nSPS) is 16.9. The summed E-state index contributed by atoms with van der Waals surface area (Å²) in [5.41, 5.74) is 5.12. The number of anilines is 1. The summed E-state index contributed by atoms with van der Waals surface area (Å²) in [6.45, 7) is 4.89. The van der Waals surface area contributed by atoms with E-state index in [9.17, 15) is 9.59 Å². The molecule has 1 N–H and O–H groups in total. The van der Waals surface area contributed by atoms with Crippen molar-refractivity contribution in [3.63, 3.8) is 0 Å². The summed E-state index contributed by atoms with van der Waals surface area (Å²) >= 11 is 0. The lowest BCUT2D eigenvalue weighted by Crippen LogP contribution is -2.32. The van der Waals surface area contributed by atoms with Crippen LogP contribution in [0.15, 0.2) is 48.8 Å². The number of hydrogen-bond acceptors (Lipinski definition) is 3. The van der Waals surface area contributed by atoms with Crippen molar-refractivity contribution in [1.82, 2.24) is 14.9 Å². The Hall–Kier alpha value is -3.15. The summed E-state index contributed by atoms with van der Waals surface area (Å²) in [5, 5.41) is 7.24. The number of aromatic nitrogens is 2. The third-order valence-electron chi connectivity index (χ3n) is 5.26. The van der Waals surface area contributed by atoms with Crippen molar-refractivity contribution in [1.29, 1.82) is 0 Å². The minimum Gasteiger partial charge on any atom is -0.352 e. The zero-order valence-electron chi connectivity index (χ0n) is 15.5. The van der Waals surface area contributed by atoms with Gasteiger partial charge in [0.1, 0.15) is 0 Å². The number of aryl methyl sites for hydroxylation is 2. The zero-order valence-corrected chi connectivity index (χ0v) is 15.5. The molecule has 6 nitrogen and oxygen atoms in total. The predicted molar refractivity (Wildman–Crippen MR) is 103 cm³/mol. The Kier molecular flexibility index (Phi) is 4.39. The molecule has 2 amide bonds. The number of rotatable bonds is 4. The lowest BCUT2D eigenvalue weighted by Gasteiger charge is -2.18. The van der Waals surface area contributed by atoms with Gasteiger partial charge in [0.15, 0.2) is 0 Å². The average molecular weight is 362 g/mol. The van der Waals surface area contributed by atoms with Crippen LogP contribution < -0.4 is 10.2 Å². The first kappa shape index (κ1) is 17.3. The third-order valence-corrected chi connectivity index (χ3v) is 5.26. The van der Waals surface area contributed by atoms with E-state index in [0.29, 0.717) is 13.1 Å². The quantitative estimate of drug-likeness (QED) is 0.776. The molecule has 1 atom stereocenters. The molecule has 2 aromatic heterocycles. The van der Waals surface area contributed by atoms with Crippen LogP contribution in [0.1, 0.15) is 23.1 Å². The number of amides is 2. The van der Waals surface area contributed by atoms with Gasteiger partial charge in [-0.15, -0.1) is 0 Å². The molecule has 3 aromatic rings. The Morgan fingerprint density at radius 1 is 1.22 bits per heavy atom. The van der Waals surface area contributed by atoms with Gasteiger partial charge in [0, 0.05) is 37.0 Å². The van der Waals surface area contributed by atoms with Gasteiger partial charge in [0.05, 0.1) is 17.6 Å². The number of carbonyl (C=O) groups excluding carboxylic acids is 2. The molecule has 0 radical (unpaired) electrons. The number of benzene rings is 1. The molecule has 1 aliphatic rings. The maximum atomic E-state index is 12.6. The first-order valence-corrected chi connectivity index (χ1v) is 9.09. The fourth-order valence-electron chi connectivity index (χ4n) is 3.48. The number of fused-ring (bicyclic) bond motifs is 1. The van der Waals surface area contributed by atoms with Crippen LogP contribution in [0.2, 0.25) is 0 Å². The highest BCUT2D eigenvalue weighted by molar-refractivity contribution is 6.00. The Bertz CT molecular complexity index is 1020. The van der Waals surface area contributed by atoms with E-state index in [-0.39, 0.29) is 24.2 Å². The van der Waals surface area contributed by atoms with Crippen LogP contribution in [0.25, 0.3) is 5.52 Å². The van der Waals surface area contributed by atoms with Crippen LogP contribution in [0.3, 0.4) is 0 Å². The summed E-state index contributed by atoms with van der Waals surface area (Å²) in [4.78, 5) is 26.7. The van der Waals surface area contributed by atoms with E-state index in [4.69, 9.17) is 0 Å². The minimum absolute atomic E-state index is 0.00520. The summed E-state index contributed by atoms with van der Waals surface area (Å²) in [5.74, 6) is -0.430. The van der Waals surface area contributed by atoms with Gasteiger partial charge in [-0.1, -0.05) is 12.1 Å². The summed E-state index contributed by atoms with van der Waals surface area (Å²) in [6.07, 6.45) is 3.88. The molecule has 1 saturated heterocycles. The maximum absolute atomic E-state index is 12.6. The van der Waals surface area contributed by atoms with Crippen LogP contribution in [0.4, 0.5) is 5.69 Å². The SMILES string of the molecule is Cc1ccc(N2CC(C(=O)NCc3cnn4ccccc34)CC2=O)cc1C. The Balaban J connectivity index is 1.42. The van der Waals surface area contributed by atoms with Crippen LogP contribution in [-0.2, 0) is 16.1 Å². The fourth-order valence-corrected chi connectivity index (χ4v) is 3.48. The van der Waals surface area contributed by atoms with E-state index in [1.807, 2.05) is 56.4 Å². The second-order valence-corrected chi connectivity index (χ2v) is 7.09. The van der Waals surface area contributed by atoms with Gasteiger partial charge in [-0.2, -0.15) is 5.10 Å². The highest BCUT2D eigenvalue weighted by Gasteiger charge is 2.35. The van der Waals surface area contributed by atoms with Gasteiger partial charge in [0.25, 0.3) is 0 Å². The maximum Gasteiger partial charge on any atom is 0.227 e. The van der Waals surface area contributed by atoms with Crippen molar-refractivity contribution in [2.24, 2.45) is 5.92 Å². The number of nitrogens with one attached hydrogen (secondary N) is 1. The topological polar surface area (TPSA) is 66.7 Å². The van der Waals surface area contributed by atoms with Crippen LogP contribution in [-0.4, -0.2) is 28.0 Å². The molecule has 0 spiro atoms. The van der Waals surface area contributed by atoms with Crippen LogP contribution >= 0.6 is 0 Å². The second-order valence-electron chi connectivity index (χ2n) is 7.09. The molecular weight excluding hydrogens is 340 g/mol. The molecule has 4 rings (SSSR count). The Morgan fingerprint density at radius 3 is 2.89 bits per heavy atom. The predicted octanol–water partition coefficient (Wildman–Crippen LogP) is 2.62. The summed E-state index contributed by atoms with van der Waals surface area (Å²) in [7, 11) is 0. The van der Waals surface area contributed by atoms with E-state index in [1.54, 1.807) is 15.6 Å². The van der Waals surface area contributed by atoms with Gasteiger partial charge >= 0.3 is 0 Å². The number of hydrogen-bond donors (Lipinski definition) is 1. The van der Waals surface area contributed by atoms with Gasteiger partial charge in [0.2, 0.25) is 11.8 Å². The minimum atomic E-state index is -0.332. The van der Waals surface area contributed by atoms with Crippen molar-refractivity contribution in [2.45, 2.75) is 26.8 Å². The van der Waals surface area contributed by atoms with Crippen molar-refractivity contribution in [3.8, 4) is 0 Å². The molecule has 27 heavy (non-hydrogen) atoms. The molecule has 1 fully saturated rings. The first-order chi connectivity index (χ1) is 13.0.